The first-order valence-electron chi connectivity index (χ1n) is 12.9. The molecule has 0 saturated heterocycles. The van der Waals surface area contributed by atoms with Gasteiger partial charge in [-0.3, -0.25) is 14.2 Å². The molecule has 1 rings (SSSR count). The summed E-state index contributed by atoms with van der Waals surface area (Å²) in [5.41, 5.74) is -1.58. The number of hydrogen-bond acceptors (Lipinski definition) is 6. The summed E-state index contributed by atoms with van der Waals surface area (Å²) in [6, 6.07) is -1.48. The van der Waals surface area contributed by atoms with E-state index < -0.39 is 133 Å². The van der Waals surface area contributed by atoms with Crippen molar-refractivity contribution >= 4 is 11.6 Å². The van der Waals surface area contributed by atoms with Crippen molar-refractivity contribution in [3.05, 3.63) is 17.7 Å². The maximum absolute atomic E-state index is 14.5. The Bertz CT molecular complexity index is 1510. The molecule has 0 aliphatic rings. The second-order valence-electron chi connectivity index (χ2n) is 10.1. The van der Waals surface area contributed by atoms with E-state index >= 15 is 0 Å². The largest absolute Gasteiger partial charge is 0.462 e. The lowest BCUT2D eigenvalue weighted by atomic mass is 10.2. The normalized spacial score (nSPS) is 16.8. The lowest BCUT2D eigenvalue weighted by Gasteiger charge is -2.32. The number of ether oxygens (including phenoxy) is 6. The molecule has 348 valence electrons. The molecule has 0 spiro atoms. The highest BCUT2D eigenvalue weighted by molar-refractivity contribution is 6.17. The molecular formula is C22H7ClF30O6. The topological polar surface area (TPSA) is 55.4 Å². The van der Waals surface area contributed by atoms with E-state index in [1.807, 2.05) is 14.2 Å². The highest BCUT2D eigenvalue weighted by Crippen LogP contribution is 2.53. The van der Waals surface area contributed by atoms with Gasteiger partial charge in [0.05, 0.1) is 0 Å². The smallest absolute Gasteiger partial charge is 0.424 e. The monoisotopic (exact) mass is 972 g/mol. The summed E-state index contributed by atoms with van der Waals surface area (Å²) < 4.78 is 413. The van der Waals surface area contributed by atoms with E-state index in [-0.39, 0.29) is 0 Å². The summed E-state index contributed by atoms with van der Waals surface area (Å²) in [6.07, 6.45) is -83.8. The lowest BCUT2D eigenvalue weighted by Crippen LogP contribution is -2.56. The van der Waals surface area contributed by atoms with Crippen LogP contribution in [0.1, 0.15) is 5.56 Å². The quantitative estimate of drug-likeness (QED) is 0.102. The minimum Gasteiger partial charge on any atom is -0.424 e. The first kappa shape index (κ1) is 53.7. The van der Waals surface area contributed by atoms with Crippen LogP contribution in [-0.4, -0.2) is 92.0 Å². The Balaban J connectivity index is 4.03. The lowest BCUT2D eigenvalue weighted by molar-refractivity contribution is -0.461. The third kappa shape index (κ3) is 11.2. The summed E-state index contributed by atoms with van der Waals surface area (Å²) in [7, 11) is 0. The Morgan fingerprint density at radius 1 is 0.390 bits per heavy atom. The predicted molar refractivity (Wildman–Crippen MR) is 119 cm³/mol. The van der Waals surface area contributed by atoms with Gasteiger partial charge in [-0.25, -0.2) is 13.2 Å². The number of rotatable bonds is 19. The fourth-order valence-corrected chi connectivity index (χ4v) is 3.00. The number of hydrogen-bond donors (Lipinski definition) is 0. The average molecular weight is 973 g/mol. The van der Waals surface area contributed by atoms with Gasteiger partial charge in [0.1, 0.15) is 0 Å². The molecule has 6 nitrogen and oxygen atoms in total. The van der Waals surface area contributed by atoms with E-state index in [2.05, 4.69) is 14.2 Å². The van der Waals surface area contributed by atoms with Crippen molar-refractivity contribution in [2.75, 3.05) is 0 Å². The van der Waals surface area contributed by atoms with Crippen molar-refractivity contribution in [2.24, 2.45) is 0 Å². The minimum absolute atomic E-state index is 0.742. The molecule has 0 N–H and O–H groups in total. The van der Waals surface area contributed by atoms with Crippen molar-refractivity contribution in [1.29, 1.82) is 0 Å². The van der Waals surface area contributed by atoms with Crippen LogP contribution in [0.15, 0.2) is 12.1 Å². The van der Waals surface area contributed by atoms with Gasteiger partial charge < -0.3 is 14.2 Å². The van der Waals surface area contributed by atoms with Crippen molar-refractivity contribution < 1.29 is 160 Å². The Labute approximate surface area is 305 Å². The van der Waals surface area contributed by atoms with Gasteiger partial charge in [0.2, 0.25) is 5.75 Å². The van der Waals surface area contributed by atoms with E-state index in [0.29, 0.717) is 0 Å². The SMILES string of the molecule is FC(OC(F)(F)C(F)(F)C(F)(F)F)C(F)(F)Oc1cc(CCl)cc(OC(F)(F)C(F)OC(F)(F)C(F)(F)C(F)(F)F)c1OC(F)(F)C(F)OC(F)(F)C(F)(F)C(F)(F)F. The molecule has 0 aliphatic heterocycles. The van der Waals surface area contributed by atoms with Crippen LogP contribution in [0.5, 0.6) is 17.2 Å². The highest BCUT2D eigenvalue weighted by atomic mass is 35.5. The molecule has 0 amide bonds. The molecule has 37 heteroatoms. The molecule has 1 aromatic carbocycles. The minimum atomic E-state index is -7.72. The number of benzene rings is 1. The fourth-order valence-electron chi connectivity index (χ4n) is 2.84. The van der Waals surface area contributed by atoms with Gasteiger partial charge in [0.25, 0.3) is 0 Å². The van der Waals surface area contributed by atoms with E-state index in [1.165, 1.54) is 0 Å². The Hall–Kier alpha value is -3.31. The summed E-state index contributed by atoms with van der Waals surface area (Å²) in [5, 5.41) is 0. The molecule has 1 aromatic rings. The van der Waals surface area contributed by atoms with Gasteiger partial charge in [-0.2, -0.15) is 119 Å². The van der Waals surface area contributed by atoms with Crippen LogP contribution in [0.4, 0.5) is 132 Å². The van der Waals surface area contributed by atoms with Crippen molar-refractivity contribution in [1.82, 2.24) is 0 Å². The van der Waals surface area contributed by atoms with Crippen LogP contribution in [0.2, 0.25) is 0 Å². The second kappa shape index (κ2) is 16.2. The summed E-state index contributed by atoms with van der Waals surface area (Å²) in [6.45, 7) is 0. The Morgan fingerprint density at radius 2 is 0.610 bits per heavy atom. The van der Waals surface area contributed by atoms with Gasteiger partial charge in [-0.1, -0.05) is 0 Å². The van der Waals surface area contributed by atoms with Crippen molar-refractivity contribution in [2.45, 2.75) is 97.9 Å². The van der Waals surface area contributed by atoms with Crippen molar-refractivity contribution in [3.63, 3.8) is 0 Å². The molecule has 0 aliphatic carbocycles. The average Bonchev–Trinajstić information content (AvgIpc) is 2.99. The first-order chi connectivity index (χ1) is 25.6. The Morgan fingerprint density at radius 3 is 0.814 bits per heavy atom. The Kier molecular flexibility index (Phi) is 14.7. The standard InChI is InChI=1S/C22H7ClF30O6/c23-3-4-1-5(54-11(27,28)8(24)57-20(48,49)14(33,34)17(39,40)41)7(56-13(31,32)10(26)59-22(52,53)16(37,38)19(45,46)47)6(2-4)55-12(29,30)9(25)58-21(50,51)15(35,36)18(42,43)44/h1-2,8-10H,3H2. The summed E-state index contributed by atoms with van der Waals surface area (Å²) >= 11 is 5.11. The molecule has 3 atom stereocenters. The molecule has 0 bridgehead atoms. The zero-order valence-electron chi connectivity index (χ0n) is 25.8. The van der Waals surface area contributed by atoms with E-state index in [1.54, 1.807) is 0 Å². The molecule has 0 fully saturated rings. The molecule has 0 saturated carbocycles. The summed E-state index contributed by atoms with van der Waals surface area (Å²) in [4.78, 5) is 0. The van der Waals surface area contributed by atoms with Crippen LogP contribution in [0.25, 0.3) is 0 Å². The highest BCUT2D eigenvalue weighted by Gasteiger charge is 2.78. The molecule has 59 heavy (non-hydrogen) atoms. The predicted octanol–water partition coefficient (Wildman–Crippen LogP) is 11.6. The molecule has 0 radical (unpaired) electrons. The zero-order chi connectivity index (χ0) is 47.4. The van der Waals surface area contributed by atoms with Crippen LogP contribution < -0.4 is 14.2 Å². The first-order valence-corrected chi connectivity index (χ1v) is 13.5. The fraction of sp³-hybridized carbons (Fsp3) is 0.727. The van der Waals surface area contributed by atoms with E-state index in [9.17, 15) is 132 Å². The zero-order valence-corrected chi connectivity index (χ0v) is 26.5. The van der Waals surface area contributed by atoms with Gasteiger partial charge in [-0.05, 0) is 17.7 Å². The van der Waals surface area contributed by atoms with Crippen LogP contribution in [0.3, 0.4) is 0 Å². The van der Waals surface area contributed by atoms with E-state index in [0.717, 1.165) is 0 Å². The van der Waals surface area contributed by atoms with Gasteiger partial charge in [0.15, 0.2) is 11.5 Å². The molecule has 3 unspecified atom stereocenters. The van der Waals surface area contributed by atoms with Crippen molar-refractivity contribution in [3.8, 4) is 17.2 Å². The molecule has 0 heterocycles. The second-order valence-corrected chi connectivity index (χ2v) is 10.4. The maximum atomic E-state index is 14.5. The van der Waals surface area contributed by atoms with Crippen LogP contribution in [-0.2, 0) is 20.1 Å². The number of halogens is 31. The third-order valence-corrected chi connectivity index (χ3v) is 5.99. The summed E-state index contributed by atoms with van der Waals surface area (Å²) in [5.74, 6) is -34.5. The van der Waals surface area contributed by atoms with E-state index in [4.69, 9.17) is 11.6 Å². The maximum Gasteiger partial charge on any atom is 0.462 e. The third-order valence-electron chi connectivity index (χ3n) is 5.68. The molecular weight excluding hydrogens is 966 g/mol. The van der Waals surface area contributed by atoms with Crippen LogP contribution >= 0.6 is 11.6 Å². The van der Waals surface area contributed by atoms with Gasteiger partial charge in [-0.15, -0.1) is 11.6 Å². The van der Waals surface area contributed by atoms with Gasteiger partial charge >= 0.3 is 92.0 Å². The van der Waals surface area contributed by atoms with Crippen LogP contribution in [0, 0.1) is 0 Å². The van der Waals surface area contributed by atoms with Gasteiger partial charge in [0, 0.05) is 5.88 Å². The molecule has 0 aromatic heterocycles. The number of alkyl halides is 31.